The average Bonchev–Trinajstić information content (AvgIpc) is 3.43. The van der Waals surface area contributed by atoms with Crippen molar-refractivity contribution in [3.05, 3.63) is 47.7 Å². The van der Waals surface area contributed by atoms with Gasteiger partial charge in [0.1, 0.15) is 18.2 Å². The Bertz CT molecular complexity index is 1190. The van der Waals surface area contributed by atoms with Crippen LogP contribution in [0.5, 0.6) is 0 Å². The summed E-state index contributed by atoms with van der Waals surface area (Å²) in [5.74, 6) is 0.615. The molecule has 3 heterocycles. The lowest BCUT2D eigenvalue weighted by Crippen LogP contribution is -2.44. The van der Waals surface area contributed by atoms with Crippen LogP contribution in [-0.4, -0.2) is 64.8 Å². The number of esters is 1. The fourth-order valence-corrected chi connectivity index (χ4v) is 6.31. The number of rotatable bonds is 11. The quantitative estimate of drug-likeness (QED) is 0.226. The van der Waals surface area contributed by atoms with Crippen LogP contribution >= 0.6 is 0 Å². The fraction of sp³-hybridized carbons (Fsp3) is 0.667. The lowest BCUT2D eigenvalue weighted by Gasteiger charge is -2.39. The summed E-state index contributed by atoms with van der Waals surface area (Å²) in [5.41, 5.74) is 0.471. The molecule has 10 nitrogen and oxygen atoms in total. The fourth-order valence-electron chi connectivity index (χ4n) is 4.92. The minimum atomic E-state index is -2.14. The summed E-state index contributed by atoms with van der Waals surface area (Å²) in [6, 6.07) is 9.34. The molecule has 0 radical (unpaired) electrons. The normalized spacial score (nSPS) is 20.4. The molecule has 226 valence electrons. The minimum Gasteiger partial charge on any atom is -0.460 e. The third-order valence-corrected chi connectivity index (χ3v) is 12.6. The van der Waals surface area contributed by atoms with Gasteiger partial charge in [-0.1, -0.05) is 51.1 Å². The smallest absolute Gasteiger partial charge is 0.345 e. The molecule has 2 fully saturated rings. The first-order valence-electron chi connectivity index (χ1n) is 14.6. The molecular weight excluding hydrogens is 540 g/mol. The second-order valence-electron chi connectivity index (χ2n) is 13.6. The van der Waals surface area contributed by atoms with Gasteiger partial charge in [-0.25, -0.2) is 4.79 Å². The van der Waals surface area contributed by atoms with Crippen LogP contribution in [-0.2, 0) is 31.8 Å². The van der Waals surface area contributed by atoms with Gasteiger partial charge in [-0.2, -0.15) is 5.06 Å². The van der Waals surface area contributed by atoms with E-state index in [0.717, 1.165) is 12.0 Å². The maximum absolute atomic E-state index is 13.3. The van der Waals surface area contributed by atoms with Crippen LogP contribution in [0.2, 0.25) is 18.1 Å². The molecule has 41 heavy (non-hydrogen) atoms. The van der Waals surface area contributed by atoms with E-state index in [9.17, 15) is 9.59 Å². The second kappa shape index (κ2) is 12.2. The molecular formula is C30H46N4O6Si. The number of hydrogen-bond acceptors (Lipinski definition) is 8. The van der Waals surface area contributed by atoms with Crippen molar-refractivity contribution in [3.63, 3.8) is 0 Å². The van der Waals surface area contributed by atoms with Gasteiger partial charge in [0.25, 0.3) is 0 Å². The van der Waals surface area contributed by atoms with Crippen LogP contribution < -0.4 is 0 Å². The van der Waals surface area contributed by atoms with Crippen LogP contribution in [0.1, 0.15) is 90.6 Å². The average molecular weight is 587 g/mol. The SMILES string of the molecule is CC(C)(C)OC(=O)CCC(Cc1nnc([C@@H]2CC[C@@H]3CN2C(=O)N3OCc2ccccc2)o1)O[Si](C)(C)C(C)(C)C. The van der Waals surface area contributed by atoms with Gasteiger partial charge in [-0.15, -0.1) is 10.2 Å². The molecule has 2 amide bonds. The Morgan fingerprint density at radius 2 is 1.80 bits per heavy atom. The van der Waals surface area contributed by atoms with E-state index in [-0.39, 0.29) is 41.6 Å². The van der Waals surface area contributed by atoms with E-state index >= 15 is 0 Å². The van der Waals surface area contributed by atoms with Crippen molar-refractivity contribution >= 4 is 20.3 Å². The number of benzene rings is 1. The highest BCUT2D eigenvalue weighted by Crippen LogP contribution is 2.40. The molecule has 0 saturated carbocycles. The number of carbonyl (C=O) groups excluding carboxylic acids is 2. The molecule has 11 heteroatoms. The zero-order valence-corrected chi connectivity index (χ0v) is 26.8. The maximum Gasteiger partial charge on any atom is 0.345 e. The van der Waals surface area contributed by atoms with Gasteiger partial charge in [-0.3, -0.25) is 9.63 Å². The third kappa shape index (κ3) is 7.95. The van der Waals surface area contributed by atoms with Gasteiger partial charge in [0.2, 0.25) is 11.8 Å². The molecule has 4 rings (SSSR count). The Hall–Kier alpha value is -2.76. The summed E-state index contributed by atoms with van der Waals surface area (Å²) in [6.45, 7) is 17.4. The first-order valence-corrected chi connectivity index (χ1v) is 17.5. The van der Waals surface area contributed by atoms with Crippen molar-refractivity contribution in [1.29, 1.82) is 0 Å². The number of nitrogens with zero attached hydrogens (tertiary/aromatic N) is 4. The second-order valence-corrected chi connectivity index (χ2v) is 18.4. The Labute approximate surface area is 244 Å². The van der Waals surface area contributed by atoms with Crippen molar-refractivity contribution in [2.24, 2.45) is 0 Å². The Balaban J connectivity index is 1.41. The Morgan fingerprint density at radius 3 is 2.46 bits per heavy atom. The molecule has 0 spiro atoms. The molecule has 2 aliphatic rings. The predicted octanol–water partition coefficient (Wildman–Crippen LogP) is 6.20. The zero-order valence-electron chi connectivity index (χ0n) is 25.8. The van der Waals surface area contributed by atoms with Gasteiger partial charge in [0.15, 0.2) is 8.32 Å². The number of aromatic nitrogens is 2. The van der Waals surface area contributed by atoms with E-state index in [0.29, 0.717) is 44.2 Å². The lowest BCUT2D eigenvalue weighted by atomic mass is 10.0. The van der Waals surface area contributed by atoms with E-state index in [1.54, 1.807) is 4.90 Å². The van der Waals surface area contributed by atoms with Gasteiger partial charge in [0, 0.05) is 13.0 Å². The molecule has 2 aliphatic heterocycles. The van der Waals surface area contributed by atoms with Crippen LogP contribution in [0.25, 0.3) is 0 Å². The maximum atomic E-state index is 13.3. The first-order chi connectivity index (χ1) is 19.1. The van der Waals surface area contributed by atoms with Crippen LogP contribution in [0.3, 0.4) is 0 Å². The highest BCUT2D eigenvalue weighted by molar-refractivity contribution is 6.74. The predicted molar refractivity (Wildman–Crippen MR) is 156 cm³/mol. The molecule has 1 aromatic heterocycles. The number of fused-ring (bicyclic) bond motifs is 2. The standard InChI is InChI=1S/C30H46N4O6Si/c1-29(2,3)39-26(35)17-15-23(40-41(7,8)30(4,5)6)18-25-31-32-27(38-25)24-16-14-22-19-33(24)28(36)34(22)37-20-21-12-10-9-11-13-21/h9-13,22-24H,14-20H2,1-8H3/t22-,23?,24+/m1/s1. The number of piperidine rings is 1. The van der Waals surface area contributed by atoms with Crippen LogP contribution in [0.15, 0.2) is 34.7 Å². The summed E-state index contributed by atoms with van der Waals surface area (Å²) in [7, 11) is -2.14. The number of amides is 2. The van der Waals surface area contributed by atoms with Crippen LogP contribution in [0, 0.1) is 0 Å². The van der Waals surface area contributed by atoms with E-state index in [1.807, 2.05) is 51.1 Å². The number of ether oxygens (including phenoxy) is 1. The van der Waals surface area contributed by atoms with Gasteiger partial charge in [0.05, 0.1) is 18.6 Å². The molecule has 0 N–H and O–H groups in total. The highest BCUT2D eigenvalue weighted by Gasteiger charge is 2.48. The molecule has 3 atom stereocenters. The Morgan fingerprint density at radius 1 is 1.10 bits per heavy atom. The van der Waals surface area contributed by atoms with Crippen molar-refractivity contribution in [2.75, 3.05) is 6.54 Å². The minimum absolute atomic E-state index is 0.0000712. The van der Waals surface area contributed by atoms with Gasteiger partial charge >= 0.3 is 12.0 Å². The molecule has 1 aromatic carbocycles. The molecule has 2 aromatic rings. The molecule has 0 aliphatic carbocycles. The summed E-state index contributed by atoms with van der Waals surface area (Å²) in [6.07, 6.45) is 2.34. The topological polar surface area (TPSA) is 107 Å². The number of carbonyl (C=O) groups is 2. The monoisotopic (exact) mass is 586 g/mol. The van der Waals surface area contributed by atoms with E-state index in [2.05, 4.69) is 44.1 Å². The number of hydroxylamine groups is 2. The Kier molecular flexibility index (Phi) is 9.30. The lowest BCUT2D eigenvalue weighted by molar-refractivity contribution is -0.155. The van der Waals surface area contributed by atoms with E-state index < -0.39 is 13.9 Å². The summed E-state index contributed by atoms with van der Waals surface area (Å²) in [4.78, 5) is 33.4. The van der Waals surface area contributed by atoms with Gasteiger partial charge in [-0.05, 0) is 63.7 Å². The molecule has 1 unspecified atom stereocenters. The molecule has 2 saturated heterocycles. The number of urea groups is 1. The van der Waals surface area contributed by atoms with Gasteiger partial charge < -0.3 is 18.5 Å². The van der Waals surface area contributed by atoms with Crippen molar-refractivity contribution in [2.45, 2.75) is 122 Å². The summed E-state index contributed by atoms with van der Waals surface area (Å²) >= 11 is 0. The third-order valence-electron chi connectivity index (χ3n) is 8.06. The highest BCUT2D eigenvalue weighted by atomic mass is 28.4. The molecule has 2 bridgehead atoms. The summed E-state index contributed by atoms with van der Waals surface area (Å²) in [5, 5.41) is 10.2. The van der Waals surface area contributed by atoms with E-state index in [4.69, 9.17) is 18.4 Å². The van der Waals surface area contributed by atoms with E-state index in [1.165, 1.54) is 5.06 Å². The first kappa shape index (κ1) is 31.2. The van der Waals surface area contributed by atoms with Crippen molar-refractivity contribution < 1.29 is 28.0 Å². The number of hydrogen-bond donors (Lipinski definition) is 0. The summed E-state index contributed by atoms with van der Waals surface area (Å²) < 4.78 is 18.4. The zero-order chi connectivity index (χ0) is 30.0. The van der Waals surface area contributed by atoms with Crippen molar-refractivity contribution in [3.8, 4) is 0 Å². The largest absolute Gasteiger partial charge is 0.460 e. The van der Waals surface area contributed by atoms with Crippen molar-refractivity contribution in [1.82, 2.24) is 20.2 Å². The van der Waals surface area contributed by atoms with Crippen LogP contribution in [0.4, 0.5) is 4.79 Å².